The summed E-state index contributed by atoms with van der Waals surface area (Å²) in [6.07, 6.45) is 0. The molecule has 0 fully saturated rings. The maximum absolute atomic E-state index is 11.9. The van der Waals surface area contributed by atoms with Crippen LogP contribution in [-0.4, -0.2) is 24.5 Å². The van der Waals surface area contributed by atoms with Gasteiger partial charge in [0.15, 0.2) is 6.61 Å². The number of methoxy groups -OCH3 is 1. The Morgan fingerprint density at radius 2 is 2.09 bits per heavy atom. The van der Waals surface area contributed by atoms with Gasteiger partial charge in [-0.1, -0.05) is 17.7 Å². The van der Waals surface area contributed by atoms with E-state index in [2.05, 4.69) is 5.32 Å². The van der Waals surface area contributed by atoms with Gasteiger partial charge in [0, 0.05) is 11.1 Å². The van der Waals surface area contributed by atoms with Crippen LogP contribution in [0.3, 0.4) is 0 Å². The van der Waals surface area contributed by atoms with Gasteiger partial charge in [-0.05, 0) is 24.3 Å². The Balaban J connectivity index is 2.01. The zero-order valence-electron chi connectivity index (χ0n) is 12.1. The van der Waals surface area contributed by atoms with Gasteiger partial charge >= 0.3 is 0 Å². The van der Waals surface area contributed by atoms with Gasteiger partial charge in [0.2, 0.25) is 0 Å². The predicted octanol–water partition coefficient (Wildman–Crippen LogP) is 3.27. The molecule has 120 valence electrons. The van der Waals surface area contributed by atoms with E-state index in [1.54, 1.807) is 24.3 Å². The van der Waals surface area contributed by atoms with E-state index in [-0.39, 0.29) is 18.0 Å². The van der Waals surface area contributed by atoms with Crippen molar-refractivity contribution in [1.29, 1.82) is 0 Å². The molecule has 1 N–H and O–H groups in total. The first-order chi connectivity index (χ1) is 11.0. The first-order valence-electron chi connectivity index (χ1n) is 6.50. The van der Waals surface area contributed by atoms with Gasteiger partial charge < -0.3 is 14.8 Å². The van der Waals surface area contributed by atoms with Crippen molar-refractivity contribution in [2.45, 2.75) is 0 Å². The summed E-state index contributed by atoms with van der Waals surface area (Å²) in [7, 11) is 1.36. The van der Waals surface area contributed by atoms with Gasteiger partial charge in [0.1, 0.15) is 11.5 Å². The highest BCUT2D eigenvalue weighted by Gasteiger charge is 2.13. The third-order valence-corrected chi connectivity index (χ3v) is 3.07. The molecule has 0 bridgehead atoms. The molecule has 2 rings (SSSR count). The molecule has 0 aromatic heterocycles. The van der Waals surface area contributed by atoms with E-state index in [4.69, 9.17) is 21.1 Å². The summed E-state index contributed by atoms with van der Waals surface area (Å²) in [6, 6.07) is 10.6. The van der Waals surface area contributed by atoms with Crippen molar-refractivity contribution in [3.8, 4) is 11.5 Å². The predicted molar refractivity (Wildman–Crippen MR) is 85.2 cm³/mol. The number of nitrogens with one attached hydrogen (secondary N) is 1. The summed E-state index contributed by atoms with van der Waals surface area (Å²) in [5.41, 5.74) is 0.188. The minimum atomic E-state index is -0.545. The van der Waals surface area contributed by atoms with Crippen LogP contribution in [-0.2, 0) is 4.79 Å². The molecule has 23 heavy (non-hydrogen) atoms. The van der Waals surface area contributed by atoms with E-state index in [0.29, 0.717) is 16.5 Å². The number of nitrogens with zero attached hydrogens (tertiary/aromatic N) is 1. The number of non-ortho nitro benzene ring substituents is 1. The van der Waals surface area contributed by atoms with Crippen LogP contribution in [0.4, 0.5) is 11.4 Å². The van der Waals surface area contributed by atoms with Crippen molar-refractivity contribution in [1.82, 2.24) is 0 Å². The number of hydrogen-bond acceptors (Lipinski definition) is 5. The molecule has 2 aromatic rings. The van der Waals surface area contributed by atoms with Crippen LogP contribution in [0.25, 0.3) is 0 Å². The average Bonchev–Trinajstić information content (AvgIpc) is 2.53. The molecule has 0 aliphatic heterocycles. The number of nitro groups is 1. The van der Waals surface area contributed by atoms with Crippen LogP contribution in [0, 0.1) is 10.1 Å². The summed E-state index contributed by atoms with van der Waals surface area (Å²) in [4.78, 5) is 22.1. The number of amides is 1. The molecule has 0 atom stereocenters. The van der Waals surface area contributed by atoms with Crippen LogP contribution < -0.4 is 14.8 Å². The van der Waals surface area contributed by atoms with E-state index < -0.39 is 10.8 Å². The van der Waals surface area contributed by atoms with Crippen LogP contribution in [0.15, 0.2) is 42.5 Å². The smallest absolute Gasteiger partial charge is 0.273 e. The molecule has 0 heterocycles. The molecule has 0 saturated heterocycles. The first-order valence-corrected chi connectivity index (χ1v) is 6.88. The number of nitro benzene ring substituents is 1. The Morgan fingerprint density at radius 3 is 2.74 bits per heavy atom. The highest BCUT2D eigenvalue weighted by atomic mass is 35.5. The van der Waals surface area contributed by atoms with E-state index in [1.807, 2.05) is 0 Å². The Morgan fingerprint density at radius 1 is 1.30 bits per heavy atom. The van der Waals surface area contributed by atoms with Gasteiger partial charge in [-0.15, -0.1) is 0 Å². The monoisotopic (exact) mass is 336 g/mol. The van der Waals surface area contributed by atoms with E-state index in [1.165, 1.54) is 25.3 Å². The molecule has 2 aromatic carbocycles. The summed E-state index contributed by atoms with van der Waals surface area (Å²) in [5, 5.41) is 13.8. The molecule has 0 spiro atoms. The fourth-order valence-corrected chi connectivity index (χ4v) is 1.97. The largest absolute Gasteiger partial charge is 0.494 e. The Hall–Kier alpha value is -2.80. The molecular weight excluding hydrogens is 324 g/mol. The van der Waals surface area contributed by atoms with E-state index in [0.717, 1.165) is 0 Å². The van der Waals surface area contributed by atoms with Crippen molar-refractivity contribution < 1.29 is 19.2 Å². The van der Waals surface area contributed by atoms with Crippen LogP contribution in [0.5, 0.6) is 11.5 Å². The second-order valence-corrected chi connectivity index (χ2v) is 4.87. The second kappa shape index (κ2) is 7.46. The SMILES string of the molecule is COc1cc([N+](=O)[O-])ccc1NC(=O)COc1cccc(Cl)c1. The molecule has 0 aliphatic carbocycles. The molecular formula is C15H13ClN2O5. The van der Waals surface area contributed by atoms with Crippen molar-refractivity contribution in [3.05, 3.63) is 57.6 Å². The normalized spacial score (nSPS) is 10.0. The lowest BCUT2D eigenvalue weighted by Gasteiger charge is -2.11. The standard InChI is InChI=1S/C15H13ClN2O5/c1-22-14-8-11(18(20)21)5-6-13(14)17-15(19)9-23-12-4-2-3-10(16)7-12/h2-8H,9H2,1H3,(H,17,19). The highest BCUT2D eigenvalue weighted by molar-refractivity contribution is 6.30. The molecule has 0 saturated carbocycles. The maximum atomic E-state index is 11.9. The lowest BCUT2D eigenvalue weighted by atomic mass is 10.2. The Bertz CT molecular complexity index is 736. The van der Waals surface area contributed by atoms with Gasteiger partial charge in [-0.2, -0.15) is 0 Å². The number of halogens is 1. The number of benzene rings is 2. The first kappa shape index (κ1) is 16.6. The number of anilines is 1. The number of carbonyl (C=O) groups excluding carboxylic acids is 1. The number of rotatable bonds is 6. The van der Waals surface area contributed by atoms with Crippen LogP contribution >= 0.6 is 11.6 Å². The number of carbonyl (C=O) groups is 1. The van der Waals surface area contributed by atoms with E-state index in [9.17, 15) is 14.9 Å². The fraction of sp³-hybridized carbons (Fsp3) is 0.133. The molecule has 0 radical (unpaired) electrons. The second-order valence-electron chi connectivity index (χ2n) is 4.44. The van der Waals surface area contributed by atoms with Crippen molar-refractivity contribution in [3.63, 3.8) is 0 Å². The Kier molecular flexibility index (Phi) is 5.37. The molecule has 0 aliphatic rings. The zero-order chi connectivity index (χ0) is 16.8. The molecule has 7 nitrogen and oxygen atoms in total. The average molecular weight is 337 g/mol. The lowest BCUT2D eigenvalue weighted by molar-refractivity contribution is -0.384. The van der Waals surface area contributed by atoms with Crippen molar-refractivity contribution >= 4 is 28.9 Å². The summed E-state index contributed by atoms with van der Waals surface area (Å²) >= 11 is 5.82. The summed E-state index contributed by atoms with van der Waals surface area (Å²) in [5.74, 6) is 0.218. The van der Waals surface area contributed by atoms with Gasteiger partial charge in [-0.25, -0.2) is 0 Å². The third-order valence-electron chi connectivity index (χ3n) is 2.84. The van der Waals surface area contributed by atoms with E-state index >= 15 is 0 Å². The molecule has 0 unspecified atom stereocenters. The minimum absolute atomic E-state index is 0.130. The molecule has 8 heteroatoms. The molecule has 1 amide bonds. The highest BCUT2D eigenvalue weighted by Crippen LogP contribution is 2.29. The Labute approximate surface area is 136 Å². The van der Waals surface area contributed by atoms with Gasteiger partial charge in [-0.3, -0.25) is 14.9 Å². The van der Waals surface area contributed by atoms with Crippen LogP contribution in [0.1, 0.15) is 0 Å². The van der Waals surface area contributed by atoms with Crippen molar-refractivity contribution in [2.24, 2.45) is 0 Å². The van der Waals surface area contributed by atoms with Crippen LogP contribution in [0.2, 0.25) is 5.02 Å². The summed E-state index contributed by atoms with van der Waals surface area (Å²) < 4.78 is 10.3. The minimum Gasteiger partial charge on any atom is -0.494 e. The number of ether oxygens (including phenoxy) is 2. The maximum Gasteiger partial charge on any atom is 0.273 e. The topological polar surface area (TPSA) is 90.7 Å². The third kappa shape index (κ3) is 4.58. The van der Waals surface area contributed by atoms with Crippen molar-refractivity contribution in [2.75, 3.05) is 19.0 Å². The van der Waals surface area contributed by atoms with Gasteiger partial charge in [0.05, 0.1) is 23.8 Å². The zero-order valence-corrected chi connectivity index (χ0v) is 12.9. The quantitative estimate of drug-likeness (QED) is 0.645. The fourth-order valence-electron chi connectivity index (χ4n) is 1.79. The lowest BCUT2D eigenvalue weighted by Crippen LogP contribution is -2.20. The van der Waals surface area contributed by atoms with Gasteiger partial charge in [0.25, 0.3) is 11.6 Å². The summed E-state index contributed by atoms with van der Waals surface area (Å²) in [6.45, 7) is -0.236. The number of hydrogen-bond donors (Lipinski definition) is 1.